The predicted molar refractivity (Wildman–Crippen MR) is 143 cm³/mol. The minimum atomic E-state index is -0.258. The summed E-state index contributed by atoms with van der Waals surface area (Å²) in [4.78, 5) is 26.3. The Balaban J connectivity index is 1.38. The van der Waals surface area contributed by atoms with Gasteiger partial charge in [0.2, 0.25) is 11.8 Å². The predicted octanol–water partition coefficient (Wildman–Crippen LogP) is 7.18. The van der Waals surface area contributed by atoms with Crippen molar-refractivity contribution in [2.75, 3.05) is 10.6 Å². The van der Waals surface area contributed by atoms with E-state index in [2.05, 4.69) is 10.6 Å². The van der Waals surface area contributed by atoms with Crippen LogP contribution in [0.2, 0.25) is 5.02 Å². The van der Waals surface area contributed by atoms with E-state index >= 15 is 0 Å². The third-order valence-electron chi connectivity index (χ3n) is 5.35. The molecule has 0 fully saturated rings. The highest BCUT2D eigenvalue weighted by Gasteiger charge is 2.18. The molecule has 172 valence electrons. The lowest BCUT2D eigenvalue weighted by Crippen LogP contribution is -2.24. The van der Waals surface area contributed by atoms with Crippen LogP contribution in [-0.4, -0.2) is 17.1 Å². The zero-order valence-corrected chi connectivity index (χ0v) is 20.3. The Hall–Kier alpha value is -3.28. The van der Waals surface area contributed by atoms with Gasteiger partial charge < -0.3 is 10.6 Å². The highest BCUT2D eigenvalue weighted by Crippen LogP contribution is 2.29. The molecule has 34 heavy (non-hydrogen) atoms. The normalized spacial score (nSPS) is 11.7. The summed E-state index contributed by atoms with van der Waals surface area (Å²) in [5.74, 6) is -0.148. The second-order valence-electron chi connectivity index (χ2n) is 7.95. The van der Waals surface area contributed by atoms with Crippen molar-refractivity contribution in [1.29, 1.82) is 0 Å². The lowest BCUT2D eigenvalue weighted by Gasteiger charge is -2.16. The van der Waals surface area contributed by atoms with E-state index in [1.807, 2.05) is 85.8 Å². The first-order chi connectivity index (χ1) is 16.5. The van der Waals surface area contributed by atoms with Gasteiger partial charge in [-0.3, -0.25) is 9.59 Å². The Morgan fingerprint density at radius 3 is 2.32 bits per heavy atom. The fourth-order valence-electron chi connectivity index (χ4n) is 3.62. The number of thioether (sulfide) groups is 1. The highest BCUT2D eigenvalue weighted by molar-refractivity contribution is 8.00. The summed E-state index contributed by atoms with van der Waals surface area (Å²) in [6.07, 6.45) is 0.942. The SMILES string of the molecule is CCC(Sc1cccc(NC(=O)Cc2ccc(Cl)cc2)c1)C(=O)Nc1ccc2ccccc2c1. The molecular formula is C28H25ClN2O2S. The maximum Gasteiger partial charge on any atom is 0.237 e. The topological polar surface area (TPSA) is 58.2 Å². The second-order valence-corrected chi connectivity index (χ2v) is 9.66. The fraction of sp³-hybridized carbons (Fsp3) is 0.143. The number of carbonyl (C=O) groups excluding carboxylic acids is 2. The number of fused-ring (bicyclic) bond motifs is 1. The van der Waals surface area contributed by atoms with E-state index in [1.54, 1.807) is 12.1 Å². The lowest BCUT2D eigenvalue weighted by atomic mass is 10.1. The van der Waals surface area contributed by atoms with Crippen molar-refractivity contribution in [2.24, 2.45) is 0 Å². The van der Waals surface area contributed by atoms with Gasteiger partial charge >= 0.3 is 0 Å². The molecule has 2 amide bonds. The summed E-state index contributed by atoms with van der Waals surface area (Å²) < 4.78 is 0. The van der Waals surface area contributed by atoms with E-state index in [9.17, 15) is 9.59 Å². The van der Waals surface area contributed by atoms with Crippen LogP contribution in [-0.2, 0) is 16.0 Å². The molecule has 0 spiro atoms. The van der Waals surface area contributed by atoms with Gasteiger partial charge in [-0.1, -0.05) is 67.1 Å². The van der Waals surface area contributed by atoms with Crippen molar-refractivity contribution in [3.8, 4) is 0 Å². The van der Waals surface area contributed by atoms with Crippen LogP contribution in [0.3, 0.4) is 0 Å². The first kappa shape index (κ1) is 23.9. The summed E-state index contributed by atoms with van der Waals surface area (Å²) in [6, 6.07) is 28.8. The van der Waals surface area contributed by atoms with Crippen LogP contribution in [0.5, 0.6) is 0 Å². The van der Waals surface area contributed by atoms with Crippen molar-refractivity contribution in [3.63, 3.8) is 0 Å². The summed E-state index contributed by atoms with van der Waals surface area (Å²) >= 11 is 7.40. The van der Waals surface area contributed by atoms with Gasteiger partial charge in [-0.2, -0.15) is 0 Å². The minimum Gasteiger partial charge on any atom is -0.326 e. The average Bonchev–Trinajstić information content (AvgIpc) is 2.84. The van der Waals surface area contributed by atoms with E-state index in [-0.39, 0.29) is 23.5 Å². The molecule has 1 atom stereocenters. The zero-order valence-electron chi connectivity index (χ0n) is 18.8. The molecule has 0 aromatic heterocycles. The van der Waals surface area contributed by atoms with Gasteiger partial charge in [0, 0.05) is 21.3 Å². The first-order valence-electron chi connectivity index (χ1n) is 11.1. The van der Waals surface area contributed by atoms with E-state index in [0.29, 0.717) is 17.1 Å². The van der Waals surface area contributed by atoms with Crippen molar-refractivity contribution in [2.45, 2.75) is 29.9 Å². The van der Waals surface area contributed by atoms with Gasteiger partial charge in [0.15, 0.2) is 0 Å². The molecule has 6 heteroatoms. The van der Waals surface area contributed by atoms with Crippen molar-refractivity contribution in [3.05, 3.63) is 102 Å². The van der Waals surface area contributed by atoms with Gasteiger partial charge in [0.25, 0.3) is 0 Å². The van der Waals surface area contributed by atoms with Crippen LogP contribution in [0, 0.1) is 0 Å². The zero-order chi connectivity index (χ0) is 23.9. The summed E-state index contributed by atoms with van der Waals surface area (Å²) in [5, 5.41) is 8.59. The molecule has 0 bridgehead atoms. The third-order valence-corrected chi connectivity index (χ3v) is 6.96. The number of halogens is 1. The number of amides is 2. The Labute approximate surface area is 208 Å². The molecule has 4 rings (SSSR count). The van der Waals surface area contributed by atoms with E-state index in [0.717, 1.165) is 26.9 Å². The number of carbonyl (C=O) groups is 2. The van der Waals surface area contributed by atoms with Crippen LogP contribution < -0.4 is 10.6 Å². The standard InChI is InChI=1S/C28H25ClN2O2S/c1-2-26(28(33)31-24-15-12-20-6-3-4-7-21(20)17-24)34-25-9-5-8-23(18-25)30-27(32)16-19-10-13-22(29)14-11-19/h3-15,17-18,26H,2,16H2,1H3,(H,30,32)(H,31,33). The van der Waals surface area contributed by atoms with Crippen LogP contribution in [0.1, 0.15) is 18.9 Å². The van der Waals surface area contributed by atoms with Crippen molar-refractivity contribution >= 4 is 57.3 Å². The summed E-state index contributed by atoms with van der Waals surface area (Å²) in [7, 11) is 0. The molecule has 0 aliphatic carbocycles. The Kier molecular flexibility index (Phi) is 7.88. The number of anilines is 2. The Morgan fingerprint density at radius 2 is 1.56 bits per heavy atom. The molecule has 4 nitrogen and oxygen atoms in total. The Morgan fingerprint density at radius 1 is 0.824 bits per heavy atom. The first-order valence-corrected chi connectivity index (χ1v) is 12.4. The molecule has 0 saturated carbocycles. The number of hydrogen-bond acceptors (Lipinski definition) is 3. The van der Waals surface area contributed by atoms with Gasteiger partial charge in [-0.15, -0.1) is 11.8 Å². The molecule has 0 aliphatic heterocycles. The Bertz CT molecular complexity index is 1310. The average molecular weight is 489 g/mol. The molecule has 1 unspecified atom stereocenters. The highest BCUT2D eigenvalue weighted by atomic mass is 35.5. The third kappa shape index (κ3) is 6.40. The monoisotopic (exact) mass is 488 g/mol. The molecule has 0 aliphatic rings. The molecule has 4 aromatic rings. The molecule has 0 saturated heterocycles. The van der Waals surface area contributed by atoms with Gasteiger partial charge in [-0.25, -0.2) is 0 Å². The maximum absolute atomic E-state index is 13.0. The van der Waals surface area contributed by atoms with Crippen molar-refractivity contribution < 1.29 is 9.59 Å². The van der Waals surface area contributed by atoms with Gasteiger partial charge in [-0.05, 0) is 65.2 Å². The van der Waals surface area contributed by atoms with Gasteiger partial charge in [0.1, 0.15) is 0 Å². The maximum atomic E-state index is 13.0. The second kappa shape index (κ2) is 11.2. The molecule has 0 radical (unpaired) electrons. The minimum absolute atomic E-state index is 0.0417. The smallest absolute Gasteiger partial charge is 0.237 e. The van der Waals surface area contributed by atoms with Crippen LogP contribution in [0.4, 0.5) is 11.4 Å². The number of nitrogens with one attached hydrogen (secondary N) is 2. The fourth-order valence-corrected chi connectivity index (χ4v) is 4.76. The van der Waals surface area contributed by atoms with E-state index < -0.39 is 0 Å². The van der Waals surface area contributed by atoms with Crippen LogP contribution in [0.25, 0.3) is 10.8 Å². The molecule has 2 N–H and O–H groups in total. The molecular weight excluding hydrogens is 464 g/mol. The summed E-state index contributed by atoms with van der Waals surface area (Å²) in [5.41, 5.74) is 2.38. The van der Waals surface area contributed by atoms with Crippen molar-refractivity contribution in [1.82, 2.24) is 0 Å². The quantitative estimate of drug-likeness (QED) is 0.258. The number of benzene rings is 4. The summed E-state index contributed by atoms with van der Waals surface area (Å²) in [6.45, 7) is 2.00. The van der Waals surface area contributed by atoms with Crippen LogP contribution >= 0.6 is 23.4 Å². The largest absolute Gasteiger partial charge is 0.326 e. The lowest BCUT2D eigenvalue weighted by molar-refractivity contribution is -0.116. The van der Waals surface area contributed by atoms with Gasteiger partial charge in [0.05, 0.1) is 11.7 Å². The van der Waals surface area contributed by atoms with Crippen LogP contribution in [0.15, 0.2) is 95.9 Å². The molecule has 4 aromatic carbocycles. The number of hydrogen-bond donors (Lipinski definition) is 2. The van der Waals surface area contributed by atoms with E-state index in [1.165, 1.54) is 11.8 Å². The van der Waals surface area contributed by atoms with E-state index in [4.69, 9.17) is 11.6 Å². The number of rotatable bonds is 8. The molecule has 0 heterocycles.